The van der Waals surface area contributed by atoms with Gasteiger partial charge in [-0.15, -0.1) is 12.4 Å². The molecule has 0 nitrogen and oxygen atoms in total. The van der Waals surface area contributed by atoms with Gasteiger partial charge in [-0.1, -0.05) is 0 Å². The monoisotopic (exact) mass is 231 g/mol. The van der Waals surface area contributed by atoms with Crippen LogP contribution in [0.3, 0.4) is 0 Å². The summed E-state index contributed by atoms with van der Waals surface area (Å²) < 4.78 is 1.24. The first kappa shape index (κ1) is 12.5. The quantitative estimate of drug-likeness (QED) is 0.554. The van der Waals surface area contributed by atoms with Crippen LogP contribution >= 0.6 is 12.4 Å². The van der Waals surface area contributed by atoms with Crippen LogP contribution in [0.25, 0.3) is 0 Å². The number of rotatable bonds is 0. The molecule has 0 amide bonds. The Kier molecular flexibility index (Phi) is 8.49. The van der Waals surface area contributed by atoms with Gasteiger partial charge >= 0.3 is 77.5 Å². The van der Waals surface area contributed by atoms with Crippen molar-refractivity contribution in [3.63, 3.8) is 0 Å². The molecule has 1 aliphatic rings. The van der Waals surface area contributed by atoms with Gasteiger partial charge in [0, 0.05) is 0 Å². The minimum atomic E-state index is 0. The Morgan fingerprint density at radius 2 is 1.50 bits per heavy atom. The van der Waals surface area contributed by atoms with Crippen molar-refractivity contribution >= 4 is 12.4 Å². The van der Waals surface area contributed by atoms with E-state index in [4.69, 9.17) is 15.5 Å². The Labute approximate surface area is 90.0 Å². The summed E-state index contributed by atoms with van der Waals surface area (Å²) in [6.45, 7) is 0. The molecule has 0 spiro atoms. The van der Waals surface area contributed by atoms with Gasteiger partial charge in [0.2, 0.25) is 0 Å². The van der Waals surface area contributed by atoms with Crippen molar-refractivity contribution in [3.8, 4) is 0 Å². The Bertz CT molecular complexity index is 132. The molecule has 0 aromatic rings. The fraction of sp³-hybridized carbons (Fsp3) is 0.800. The standard InChI is InChI=1S/C10H17.ClH.Ni/c1-2-4-6-8-10-9-7-5-3-1;;/h1H,2,4-10H2;1H;. The van der Waals surface area contributed by atoms with Gasteiger partial charge in [0.25, 0.3) is 0 Å². The van der Waals surface area contributed by atoms with E-state index in [1.54, 1.807) is 0 Å². The van der Waals surface area contributed by atoms with E-state index >= 15 is 0 Å². The van der Waals surface area contributed by atoms with Crippen molar-refractivity contribution in [2.24, 2.45) is 0 Å². The summed E-state index contributed by atoms with van der Waals surface area (Å²) in [4.78, 5) is 0. The van der Waals surface area contributed by atoms with Crippen LogP contribution in [0.15, 0.2) is 10.6 Å². The average Bonchev–Trinajstić information content (AvgIpc) is 2.03. The molecule has 0 N–H and O–H groups in total. The summed E-state index contributed by atoms with van der Waals surface area (Å²) in [6, 6.07) is 0. The topological polar surface area (TPSA) is 0 Å². The van der Waals surface area contributed by atoms with Gasteiger partial charge in [0.15, 0.2) is 0 Å². The number of hydrogen-bond donors (Lipinski definition) is 0. The van der Waals surface area contributed by atoms with E-state index in [1.807, 2.05) is 0 Å². The van der Waals surface area contributed by atoms with Crippen molar-refractivity contribution in [3.05, 3.63) is 10.6 Å². The zero-order valence-electron chi connectivity index (χ0n) is 7.46. The Morgan fingerprint density at radius 3 is 2.25 bits per heavy atom. The Morgan fingerprint density at radius 1 is 0.917 bits per heavy atom. The van der Waals surface area contributed by atoms with Gasteiger partial charge in [-0.25, -0.2) is 0 Å². The van der Waals surface area contributed by atoms with Crippen LogP contribution in [0.5, 0.6) is 0 Å². The number of halogens is 1. The van der Waals surface area contributed by atoms with Gasteiger partial charge in [0.1, 0.15) is 0 Å². The van der Waals surface area contributed by atoms with Gasteiger partial charge in [-0.05, 0) is 0 Å². The molecule has 75 valence electrons. The van der Waals surface area contributed by atoms with E-state index in [1.165, 1.54) is 55.9 Å². The molecule has 0 atom stereocenters. The van der Waals surface area contributed by atoms with Crippen LogP contribution in [0, 0.1) is 0 Å². The first-order valence-electron chi connectivity index (χ1n) is 4.71. The molecule has 0 bridgehead atoms. The molecule has 0 aliphatic heterocycles. The van der Waals surface area contributed by atoms with E-state index in [-0.39, 0.29) is 12.4 Å². The maximum atomic E-state index is 4.91. The Balaban J connectivity index is 0.00000121. The second-order valence-corrected chi connectivity index (χ2v) is 3.91. The normalized spacial score (nSPS) is 20.7. The molecule has 0 fully saturated rings. The van der Waals surface area contributed by atoms with Crippen LogP contribution in [0.4, 0.5) is 0 Å². The molecule has 0 saturated carbocycles. The second kappa shape index (κ2) is 8.14. The molecule has 0 aromatic carbocycles. The molecule has 1 rings (SSSR count). The third-order valence-electron chi connectivity index (χ3n) is 2.21. The van der Waals surface area contributed by atoms with Crippen molar-refractivity contribution in [2.45, 2.75) is 51.4 Å². The minimum absolute atomic E-state index is 0. The zero-order chi connectivity index (χ0) is 7.94. The van der Waals surface area contributed by atoms with Crippen molar-refractivity contribution in [1.29, 1.82) is 0 Å². The fourth-order valence-corrected chi connectivity index (χ4v) is 1.80. The predicted octanol–water partition coefficient (Wildman–Crippen LogP) is 3.97. The first-order chi connectivity index (χ1) is 5.39. The van der Waals surface area contributed by atoms with E-state index in [0.29, 0.717) is 0 Å². The molecule has 12 heavy (non-hydrogen) atoms. The summed E-state index contributed by atoms with van der Waals surface area (Å²) in [7, 11) is 0. The van der Waals surface area contributed by atoms with Gasteiger partial charge in [-0.2, -0.15) is 0 Å². The summed E-state index contributed by atoms with van der Waals surface area (Å²) in [5.41, 5.74) is 0. The van der Waals surface area contributed by atoms with Crippen molar-refractivity contribution in [2.75, 3.05) is 0 Å². The van der Waals surface area contributed by atoms with Crippen molar-refractivity contribution in [1.82, 2.24) is 0 Å². The first-order valence-corrected chi connectivity index (χ1v) is 5.20. The van der Waals surface area contributed by atoms with Crippen LogP contribution in [-0.4, -0.2) is 0 Å². The number of hydrogen-bond acceptors (Lipinski definition) is 0. The molecule has 0 radical (unpaired) electrons. The van der Waals surface area contributed by atoms with Crippen LogP contribution in [0.2, 0.25) is 0 Å². The molecule has 0 heterocycles. The van der Waals surface area contributed by atoms with E-state index in [0.717, 1.165) is 0 Å². The molecular weight excluding hydrogens is 214 g/mol. The predicted molar refractivity (Wildman–Crippen MR) is 52.3 cm³/mol. The van der Waals surface area contributed by atoms with E-state index < -0.39 is 0 Å². The van der Waals surface area contributed by atoms with Crippen LogP contribution in [0.1, 0.15) is 51.4 Å². The van der Waals surface area contributed by atoms with Crippen molar-refractivity contribution < 1.29 is 15.5 Å². The molecule has 0 saturated heterocycles. The molecule has 1 aliphatic carbocycles. The third-order valence-corrected chi connectivity index (χ3v) is 2.66. The summed E-state index contributed by atoms with van der Waals surface area (Å²) in [5, 5.41) is 0. The SMILES string of the molecule is Cl.[Ni][C]1=CCCCCCCCC1. The molecule has 0 unspecified atom stereocenters. The van der Waals surface area contributed by atoms with Gasteiger partial charge in [0.05, 0.1) is 0 Å². The average molecular weight is 232 g/mol. The molecular formula is C10H18ClNi. The van der Waals surface area contributed by atoms with Gasteiger partial charge < -0.3 is 0 Å². The Hall–Kier alpha value is 0.524. The molecule has 2 heteroatoms. The fourth-order valence-electron chi connectivity index (χ4n) is 1.49. The zero-order valence-corrected chi connectivity index (χ0v) is 9.26. The van der Waals surface area contributed by atoms with Gasteiger partial charge in [-0.3, -0.25) is 0 Å². The third kappa shape index (κ3) is 6.09. The summed E-state index contributed by atoms with van der Waals surface area (Å²) >= 11 is 4.91. The van der Waals surface area contributed by atoms with Crippen LogP contribution in [-0.2, 0) is 15.5 Å². The maximum absolute atomic E-state index is 4.91. The van der Waals surface area contributed by atoms with Crippen LogP contribution < -0.4 is 0 Å². The summed E-state index contributed by atoms with van der Waals surface area (Å²) in [5.74, 6) is 0. The van der Waals surface area contributed by atoms with E-state index in [2.05, 4.69) is 6.08 Å². The summed E-state index contributed by atoms with van der Waals surface area (Å²) in [6.07, 6.45) is 13.0. The van der Waals surface area contributed by atoms with E-state index in [9.17, 15) is 0 Å². The second-order valence-electron chi connectivity index (χ2n) is 3.27. The number of allylic oxidation sites excluding steroid dienone is 2. The molecule has 0 aromatic heterocycles.